The first-order valence-electron chi connectivity index (χ1n) is 8.00. The molecule has 0 saturated heterocycles. The van der Waals surface area contributed by atoms with Crippen LogP contribution >= 0.6 is 24.4 Å². The van der Waals surface area contributed by atoms with Crippen molar-refractivity contribution in [2.24, 2.45) is 0 Å². The Hall–Kier alpha value is -2.47. The molecule has 1 heterocycles. The Bertz CT molecular complexity index is 953. The van der Waals surface area contributed by atoms with E-state index in [-0.39, 0.29) is 4.99 Å². The van der Waals surface area contributed by atoms with Crippen LogP contribution in [0.4, 0.5) is 0 Å². The molecule has 2 aromatic rings. The highest BCUT2D eigenvalue weighted by atomic mass is 32.2. The number of sulfonamides is 1. The van der Waals surface area contributed by atoms with Crippen LogP contribution in [0.5, 0.6) is 0 Å². The number of hydrogen-bond acceptors (Lipinski definition) is 6. The Labute approximate surface area is 174 Å². The zero-order chi connectivity index (χ0) is 20.7. The molecule has 0 unspecified atom stereocenters. The summed E-state index contributed by atoms with van der Waals surface area (Å²) >= 11 is 10.5. The largest absolute Gasteiger partial charge is 0.287 e. The molecule has 11 heteroatoms. The Morgan fingerprint density at radius 1 is 1.00 bits per heavy atom. The second-order valence-corrected chi connectivity index (χ2v) is 8.20. The molecule has 8 nitrogen and oxygen atoms in total. The lowest BCUT2D eigenvalue weighted by Crippen LogP contribution is -2.49. The van der Waals surface area contributed by atoms with E-state index < -0.39 is 21.7 Å². The number of pyridine rings is 1. The normalized spacial score (nSPS) is 10.8. The molecule has 2 rings (SSSR count). The number of hydrazine groups is 2. The van der Waals surface area contributed by atoms with Gasteiger partial charge in [-0.3, -0.25) is 25.2 Å². The number of carbonyl (C=O) groups is 1. The molecule has 2 N–H and O–H groups in total. The lowest BCUT2D eigenvalue weighted by Gasteiger charge is -2.23. The maximum absolute atomic E-state index is 12.3. The summed E-state index contributed by atoms with van der Waals surface area (Å²) in [6.07, 6.45) is 3.14. The first kappa shape index (κ1) is 21.8. The standard InChI is InChI=1S/C17H19N5O3S3/c1-21(17(27)14-9-6-10-18-11-14)19-15(23)12-28(24,25)20-22(2)16(26)13-7-4-3-5-8-13/h3-11,20H,12H2,1-2H3,(H,19,23). The van der Waals surface area contributed by atoms with Gasteiger partial charge in [-0.25, -0.2) is 8.42 Å². The number of carbonyl (C=O) groups excluding carboxylic acids is 1. The van der Waals surface area contributed by atoms with Crippen LogP contribution in [0.1, 0.15) is 11.1 Å². The lowest BCUT2D eigenvalue weighted by molar-refractivity contribution is -0.121. The zero-order valence-electron chi connectivity index (χ0n) is 15.2. The van der Waals surface area contributed by atoms with Gasteiger partial charge in [0.05, 0.1) is 0 Å². The Morgan fingerprint density at radius 2 is 1.61 bits per heavy atom. The molecule has 0 atom stereocenters. The average molecular weight is 438 g/mol. The predicted molar refractivity (Wildman–Crippen MR) is 115 cm³/mol. The molecule has 0 radical (unpaired) electrons. The molecule has 0 fully saturated rings. The number of nitrogens with zero attached hydrogens (tertiary/aromatic N) is 3. The van der Waals surface area contributed by atoms with Crippen molar-refractivity contribution >= 4 is 50.3 Å². The van der Waals surface area contributed by atoms with Crippen LogP contribution in [0, 0.1) is 0 Å². The monoisotopic (exact) mass is 437 g/mol. The molecule has 0 saturated carbocycles. The topological polar surface area (TPSA) is 94.6 Å². The second kappa shape index (κ2) is 9.64. The Kier molecular flexibility index (Phi) is 7.52. The summed E-state index contributed by atoms with van der Waals surface area (Å²) in [4.78, 5) is 18.9. The van der Waals surface area contributed by atoms with Gasteiger partial charge in [0.25, 0.3) is 5.91 Å². The summed E-state index contributed by atoms with van der Waals surface area (Å²) in [5.74, 6) is -1.55. The third-order valence-corrected chi connectivity index (χ3v) is 5.64. The molecule has 0 aliphatic carbocycles. The van der Waals surface area contributed by atoms with Crippen molar-refractivity contribution in [2.45, 2.75) is 0 Å². The Balaban J connectivity index is 1.93. The molecular weight excluding hydrogens is 418 g/mol. The fourth-order valence-corrected chi connectivity index (χ4v) is 3.57. The minimum Gasteiger partial charge on any atom is -0.287 e. The second-order valence-electron chi connectivity index (χ2n) is 5.72. The van der Waals surface area contributed by atoms with Gasteiger partial charge in [0.15, 0.2) is 0 Å². The molecule has 1 aromatic carbocycles. The van der Waals surface area contributed by atoms with Gasteiger partial charge in [0.2, 0.25) is 10.0 Å². The van der Waals surface area contributed by atoms with Crippen molar-refractivity contribution in [3.05, 3.63) is 66.0 Å². The first-order valence-corrected chi connectivity index (χ1v) is 10.5. The van der Waals surface area contributed by atoms with Crippen molar-refractivity contribution in [2.75, 3.05) is 19.8 Å². The average Bonchev–Trinajstić information content (AvgIpc) is 2.67. The van der Waals surface area contributed by atoms with Gasteiger partial charge in [-0.05, 0) is 12.1 Å². The van der Waals surface area contributed by atoms with E-state index in [2.05, 4.69) is 15.2 Å². The fourth-order valence-electron chi connectivity index (χ4n) is 2.18. The van der Waals surface area contributed by atoms with E-state index in [1.165, 1.54) is 24.1 Å². The molecule has 0 aliphatic rings. The van der Waals surface area contributed by atoms with Gasteiger partial charge in [0.1, 0.15) is 15.7 Å². The summed E-state index contributed by atoms with van der Waals surface area (Å²) < 4.78 is 24.5. The smallest absolute Gasteiger partial charge is 0.255 e. The molecule has 28 heavy (non-hydrogen) atoms. The quantitative estimate of drug-likeness (QED) is 0.508. The number of hydrogen-bond donors (Lipinski definition) is 2. The maximum atomic E-state index is 12.3. The van der Waals surface area contributed by atoms with Gasteiger partial charge < -0.3 is 0 Å². The van der Waals surface area contributed by atoms with Crippen LogP contribution in [0.15, 0.2) is 54.9 Å². The minimum absolute atomic E-state index is 0.277. The van der Waals surface area contributed by atoms with Crippen molar-refractivity contribution in [3.8, 4) is 0 Å². The number of nitrogens with one attached hydrogen (secondary N) is 2. The van der Waals surface area contributed by atoms with Crippen LogP contribution in [0.2, 0.25) is 0 Å². The number of rotatable bonds is 6. The fraction of sp³-hybridized carbons (Fsp3) is 0.176. The lowest BCUT2D eigenvalue weighted by atomic mass is 10.2. The van der Waals surface area contributed by atoms with Crippen molar-refractivity contribution in [1.29, 1.82) is 0 Å². The van der Waals surface area contributed by atoms with E-state index in [0.29, 0.717) is 16.1 Å². The highest BCUT2D eigenvalue weighted by Gasteiger charge is 2.21. The highest BCUT2D eigenvalue weighted by molar-refractivity contribution is 7.90. The summed E-state index contributed by atoms with van der Waals surface area (Å²) in [6.45, 7) is 0. The Morgan fingerprint density at radius 3 is 2.21 bits per heavy atom. The van der Waals surface area contributed by atoms with Gasteiger partial charge >= 0.3 is 0 Å². The molecule has 148 valence electrons. The maximum Gasteiger partial charge on any atom is 0.255 e. The van der Waals surface area contributed by atoms with Crippen LogP contribution in [-0.4, -0.2) is 59.2 Å². The SMILES string of the molecule is CN(NC(=O)CS(=O)(=O)NN(C)C(=S)c1ccccc1)C(=S)c1cccnc1. The molecular formula is C17H19N5O3S3. The van der Waals surface area contributed by atoms with E-state index in [4.69, 9.17) is 24.4 Å². The van der Waals surface area contributed by atoms with Gasteiger partial charge in [-0.2, -0.15) is 0 Å². The molecule has 1 aromatic heterocycles. The molecule has 0 bridgehead atoms. The van der Waals surface area contributed by atoms with Gasteiger partial charge in [0, 0.05) is 37.6 Å². The first-order chi connectivity index (χ1) is 13.2. The van der Waals surface area contributed by atoms with Crippen molar-refractivity contribution < 1.29 is 13.2 Å². The van der Waals surface area contributed by atoms with Crippen LogP contribution in [-0.2, 0) is 14.8 Å². The third-order valence-electron chi connectivity index (χ3n) is 3.43. The number of benzene rings is 1. The van der Waals surface area contributed by atoms with Crippen molar-refractivity contribution in [1.82, 2.24) is 25.3 Å². The number of thiocarbonyl (C=S) groups is 2. The van der Waals surface area contributed by atoms with E-state index in [1.54, 1.807) is 48.8 Å². The number of amides is 1. The molecule has 1 amide bonds. The number of aromatic nitrogens is 1. The minimum atomic E-state index is -3.97. The third kappa shape index (κ3) is 6.30. The summed E-state index contributed by atoms with van der Waals surface area (Å²) in [5, 5.41) is 2.44. The van der Waals surface area contributed by atoms with Gasteiger partial charge in [-0.1, -0.05) is 54.8 Å². The van der Waals surface area contributed by atoms with Crippen molar-refractivity contribution in [3.63, 3.8) is 0 Å². The van der Waals surface area contributed by atoms with E-state index in [0.717, 1.165) is 0 Å². The molecule has 0 spiro atoms. The van der Waals surface area contributed by atoms with E-state index in [1.807, 2.05) is 6.07 Å². The van der Waals surface area contributed by atoms with E-state index >= 15 is 0 Å². The van der Waals surface area contributed by atoms with E-state index in [9.17, 15) is 13.2 Å². The predicted octanol–water partition coefficient (Wildman–Crippen LogP) is 0.862. The zero-order valence-corrected chi connectivity index (χ0v) is 17.6. The van der Waals surface area contributed by atoms with Crippen LogP contribution in [0.3, 0.4) is 0 Å². The molecule has 0 aliphatic heterocycles. The summed E-state index contributed by atoms with van der Waals surface area (Å²) in [5.41, 5.74) is 3.72. The van der Waals surface area contributed by atoms with Crippen LogP contribution in [0.25, 0.3) is 0 Å². The van der Waals surface area contributed by atoms with Gasteiger partial charge in [-0.15, -0.1) is 4.83 Å². The summed E-state index contributed by atoms with van der Waals surface area (Å²) in [7, 11) is -0.990. The summed E-state index contributed by atoms with van der Waals surface area (Å²) in [6, 6.07) is 12.4. The van der Waals surface area contributed by atoms with Crippen LogP contribution < -0.4 is 10.3 Å². The highest BCUT2D eigenvalue weighted by Crippen LogP contribution is 2.04.